The summed E-state index contributed by atoms with van der Waals surface area (Å²) in [5, 5.41) is 10.5. The molecule has 1 aromatic carbocycles. The number of methoxy groups -OCH3 is 1. The molecule has 1 N–H and O–H groups in total. The molecule has 1 saturated carbocycles. The third kappa shape index (κ3) is 2.18. The molecule has 0 amide bonds. The highest BCUT2D eigenvalue weighted by Gasteiger charge is 2.47. The van der Waals surface area contributed by atoms with Crippen LogP contribution in [0.15, 0.2) is 18.2 Å². The first-order valence-corrected chi connectivity index (χ1v) is 7.59. The van der Waals surface area contributed by atoms with E-state index in [1.807, 2.05) is 18.2 Å². The average Bonchev–Trinajstić information content (AvgIpc) is 2.43. The van der Waals surface area contributed by atoms with Crippen LogP contribution in [0.1, 0.15) is 51.2 Å². The molecule has 3 nitrogen and oxygen atoms in total. The number of benzene rings is 1. The summed E-state index contributed by atoms with van der Waals surface area (Å²) in [6.07, 6.45) is 3.66. The largest absolute Gasteiger partial charge is 0.497 e. The summed E-state index contributed by atoms with van der Waals surface area (Å²) in [7, 11) is 1.65. The minimum absolute atomic E-state index is 0.203. The zero-order valence-electron chi connectivity index (χ0n) is 12.6. The first-order valence-electron chi connectivity index (χ1n) is 7.59. The van der Waals surface area contributed by atoms with E-state index in [-0.39, 0.29) is 5.60 Å². The van der Waals surface area contributed by atoms with Crippen LogP contribution in [0.2, 0.25) is 0 Å². The molecule has 1 spiro atoms. The van der Waals surface area contributed by atoms with Gasteiger partial charge in [-0.2, -0.15) is 0 Å². The highest BCUT2D eigenvalue weighted by Crippen LogP contribution is 2.50. The minimum Gasteiger partial charge on any atom is -0.497 e. The van der Waals surface area contributed by atoms with Crippen molar-refractivity contribution < 1.29 is 14.6 Å². The maximum atomic E-state index is 10.5. The highest BCUT2D eigenvalue weighted by atomic mass is 16.5. The molecular weight excluding hydrogens is 252 g/mol. The van der Waals surface area contributed by atoms with Crippen molar-refractivity contribution in [1.29, 1.82) is 0 Å². The lowest BCUT2D eigenvalue weighted by molar-refractivity contribution is -0.0803. The van der Waals surface area contributed by atoms with Crippen LogP contribution in [0.4, 0.5) is 0 Å². The molecule has 20 heavy (non-hydrogen) atoms. The second-order valence-corrected chi connectivity index (χ2v) is 6.57. The number of hydrogen-bond donors (Lipinski definition) is 1. The van der Waals surface area contributed by atoms with Crippen molar-refractivity contribution in [2.24, 2.45) is 11.8 Å². The molecule has 1 heterocycles. The van der Waals surface area contributed by atoms with Gasteiger partial charge in [0.15, 0.2) is 0 Å². The first-order chi connectivity index (χ1) is 9.54. The van der Waals surface area contributed by atoms with Gasteiger partial charge in [0.1, 0.15) is 17.1 Å². The van der Waals surface area contributed by atoms with Crippen LogP contribution < -0.4 is 9.47 Å². The van der Waals surface area contributed by atoms with Gasteiger partial charge < -0.3 is 14.6 Å². The van der Waals surface area contributed by atoms with Crippen molar-refractivity contribution >= 4 is 0 Å². The molecule has 0 saturated heterocycles. The molecule has 1 fully saturated rings. The lowest BCUT2D eigenvalue weighted by atomic mass is 9.68. The van der Waals surface area contributed by atoms with Crippen LogP contribution in [0.3, 0.4) is 0 Å². The van der Waals surface area contributed by atoms with Crippen LogP contribution in [0.5, 0.6) is 11.5 Å². The van der Waals surface area contributed by atoms with Crippen LogP contribution in [-0.2, 0) is 0 Å². The van der Waals surface area contributed by atoms with E-state index in [1.165, 1.54) is 12.8 Å². The fourth-order valence-corrected chi connectivity index (χ4v) is 3.83. The van der Waals surface area contributed by atoms with E-state index in [2.05, 4.69) is 13.8 Å². The van der Waals surface area contributed by atoms with E-state index in [4.69, 9.17) is 9.47 Å². The van der Waals surface area contributed by atoms with Gasteiger partial charge in [-0.3, -0.25) is 0 Å². The Morgan fingerprint density at radius 2 is 2.15 bits per heavy atom. The standard InChI is InChI=1S/C17H24O3/c1-11-6-7-17(12(2)8-11)10-15(18)14-5-4-13(19-3)9-16(14)20-17/h4-5,9,11-12,15,18H,6-8,10H2,1-3H3. The molecule has 4 atom stereocenters. The second kappa shape index (κ2) is 4.96. The van der Waals surface area contributed by atoms with Gasteiger partial charge in [0.05, 0.1) is 13.2 Å². The molecule has 1 aliphatic heterocycles. The summed E-state index contributed by atoms with van der Waals surface area (Å²) in [4.78, 5) is 0. The number of ether oxygens (including phenoxy) is 2. The monoisotopic (exact) mass is 276 g/mol. The SMILES string of the molecule is COc1ccc2c(c1)OC1(CCC(C)CC1C)CC2O. The minimum atomic E-state index is -0.430. The van der Waals surface area contributed by atoms with E-state index in [9.17, 15) is 5.11 Å². The number of fused-ring (bicyclic) bond motifs is 1. The van der Waals surface area contributed by atoms with Crippen molar-refractivity contribution in [3.8, 4) is 11.5 Å². The number of hydrogen-bond acceptors (Lipinski definition) is 3. The van der Waals surface area contributed by atoms with Gasteiger partial charge in [0.2, 0.25) is 0 Å². The van der Waals surface area contributed by atoms with Crippen molar-refractivity contribution in [3.05, 3.63) is 23.8 Å². The zero-order valence-corrected chi connectivity index (χ0v) is 12.6. The molecule has 1 aromatic rings. The molecule has 3 heteroatoms. The summed E-state index contributed by atoms with van der Waals surface area (Å²) in [6.45, 7) is 4.56. The van der Waals surface area contributed by atoms with Gasteiger partial charge in [-0.15, -0.1) is 0 Å². The Balaban J connectivity index is 1.94. The Morgan fingerprint density at radius 1 is 1.35 bits per heavy atom. The lowest BCUT2D eigenvalue weighted by Gasteiger charge is -2.48. The fraction of sp³-hybridized carbons (Fsp3) is 0.647. The van der Waals surface area contributed by atoms with Crippen LogP contribution in [-0.4, -0.2) is 17.8 Å². The summed E-state index contributed by atoms with van der Waals surface area (Å²) in [5.74, 6) is 2.80. The molecule has 2 aliphatic rings. The molecule has 4 unspecified atom stereocenters. The normalized spacial score (nSPS) is 36.3. The molecule has 3 rings (SSSR count). The number of rotatable bonds is 1. The van der Waals surface area contributed by atoms with Crippen LogP contribution >= 0.6 is 0 Å². The summed E-state index contributed by atoms with van der Waals surface area (Å²) in [5.41, 5.74) is 0.688. The predicted molar refractivity (Wildman–Crippen MR) is 78.1 cm³/mol. The van der Waals surface area contributed by atoms with E-state index in [1.54, 1.807) is 7.11 Å². The summed E-state index contributed by atoms with van der Waals surface area (Å²) < 4.78 is 11.7. The van der Waals surface area contributed by atoms with Crippen LogP contribution in [0, 0.1) is 11.8 Å². The Hall–Kier alpha value is -1.22. The number of aliphatic hydroxyl groups excluding tert-OH is 1. The molecule has 0 radical (unpaired) electrons. The second-order valence-electron chi connectivity index (χ2n) is 6.57. The van der Waals surface area contributed by atoms with Gasteiger partial charge in [-0.1, -0.05) is 13.8 Å². The Kier molecular flexibility index (Phi) is 3.41. The van der Waals surface area contributed by atoms with Crippen molar-refractivity contribution in [1.82, 2.24) is 0 Å². The average molecular weight is 276 g/mol. The Labute approximate surface area is 120 Å². The molecule has 110 valence electrons. The molecule has 1 aliphatic carbocycles. The summed E-state index contributed by atoms with van der Waals surface area (Å²) >= 11 is 0. The van der Waals surface area contributed by atoms with Gasteiger partial charge in [-0.05, 0) is 43.2 Å². The van der Waals surface area contributed by atoms with Gasteiger partial charge in [-0.25, -0.2) is 0 Å². The Morgan fingerprint density at radius 3 is 2.85 bits per heavy atom. The van der Waals surface area contributed by atoms with Gasteiger partial charge >= 0.3 is 0 Å². The molecule has 0 bridgehead atoms. The quantitative estimate of drug-likeness (QED) is 0.850. The van der Waals surface area contributed by atoms with E-state index in [0.29, 0.717) is 12.3 Å². The summed E-state index contributed by atoms with van der Waals surface area (Å²) in [6, 6.07) is 5.71. The highest BCUT2D eigenvalue weighted by molar-refractivity contribution is 5.44. The maximum Gasteiger partial charge on any atom is 0.129 e. The van der Waals surface area contributed by atoms with E-state index >= 15 is 0 Å². The number of aliphatic hydroxyl groups is 1. The van der Waals surface area contributed by atoms with Crippen LogP contribution in [0.25, 0.3) is 0 Å². The third-order valence-electron chi connectivity index (χ3n) is 5.15. The smallest absolute Gasteiger partial charge is 0.129 e. The fourth-order valence-electron chi connectivity index (χ4n) is 3.83. The zero-order chi connectivity index (χ0) is 14.3. The first kappa shape index (κ1) is 13.7. The lowest BCUT2D eigenvalue weighted by Crippen LogP contribution is -2.49. The van der Waals surface area contributed by atoms with Gasteiger partial charge in [0.25, 0.3) is 0 Å². The predicted octanol–water partition coefficient (Wildman–Crippen LogP) is 3.71. The Bertz CT molecular complexity index is 499. The van der Waals surface area contributed by atoms with E-state index in [0.717, 1.165) is 29.4 Å². The van der Waals surface area contributed by atoms with E-state index < -0.39 is 6.10 Å². The van der Waals surface area contributed by atoms with Crippen molar-refractivity contribution in [3.63, 3.8) is 0 Å². The maximum absolute atomic E-state index is 10.5. The van der Waals surface area contributed by atoms with Crippen molar-refractivity contribution in [2.75, 3.05) is 7.11 Å². The molecular formula is C17H24O3. The van der Waals surface area contributed by atoms with Crippen molar-refractivity contribution in [2.45, 2.75) is 51.2 Å². The van der Waals surface area contributed by atoms with Gasteiger partial charge in [0, 0.05) is 18.1 Å². The topological polar surface area (TPSA) is 38.7 Å². The third-order valence-corrected chi connectivity index (χ3v) is 5.15. The molecule has 0 aromatic heterocycles.